The summed E-state index contributed by atoms with van der Waals surface area (Å²) in [5.41, 5.74) is 1.75. The van der Waals surface area contributed by atoms with Gasteiger partial charge in [-0.25, -0.2) is 4.79 Å². The van der Waals surface area contributed by atoms with Crippen molar-refractivity contribution >= 4 is 28.9 Å². The number of rotatable bonds is 4. The van der Waals surface area contributed by atoms with Crippen molar-refractivity contribution in [3.63, 3.8) is 0 Å². The Hall–Kier alpha value is -2.04. The Kier molecular flexibility index (Phi) is 4.27. The fraction of sp³-hybridized carbons (Fsp3) is 0.133. The number of aromatic carboxylic acids is 1. The number of benzene rings is 2. The average Bonchev–Trinajstić information content (AvgIpc) is 2.41. The molecule has 0 saturated heterocycles. The van der Waals surface area contributed by atoms with Crippen LogP contribution in [-0.2, 0) is 0 Å². The number of aliphatic hydroxyl groups excluding tert-OH is 1. The lowest BCUT2D eigenvalue weighted by molar-refractivity contribution is 0.0698. The molecule has 0 amide bonds. The summed E-state index contributed by atoms with van der Waals surface area (Å²) < 4.78 is 0. The number of hydrogen-bond donors (Lipinski definition) is 3. The van der Waals surface area contributed by atoms with Crippen LogP contribution < -0.4 is 5.32 Å². The highest BCUT2D eigenvalue weighted by molar-refractivity contribution is 6.34. The summed E-state index contributed by atoms with van der Waals surface area (Å²) >= 11 is 6.22. The molecule has 20 heavy (non-hydrogen) atoms. The summed E-state index contributed by atoms with van der Waals surface area (Å²) in [5.74, 6) is -1.02. The smallest absolute Gasteiger partial charge is 0.337 e. The minimum absolute atomic E-state index is 0.158. The highest BCUT2D eigenvalue weighted by Gasteiger charge is 2.13. The first-order valence-electron chi connectivity index (χ1n) is 6.06. The van der Waals surface area contributed by atoms with Gasteiger partial charge in [-0.2, -0.15) is 0 Å². The quantitative estimate of drug-likeness (QED) is 0.800. The zero-order valence-corrected chi connectivity index (χ0v) is 11.6. The molecule has 5 heteroatoms. The molecule has 4 nitrogen and oxygen atoms in total. The van der Waals surface area contributed by atoms with E-state index in [-0.39, 0.29) is 5.56 Å². The standard InChI is InChI=1S/C15H14ClNO3/c1-9(18)10-6-4-8-13(14(10)16)17-12-7-3-2-5-11(12)15(19)20/h2-9,17-18H,1H3,(H,19,20). The number of aliphatic hydroxyl groups is 1. The fourth-order valence-electron chi connectivity index (χ4n) is 1.89. The lowest BCUT2D eigenvalue weighted by atomic mass is 10.1. The highest BCUT2D eigenvalue weighted by atomic mass is 35.5. The number of nitrogens with one attached hydrogen (secondary N) is 1. The Morgan fingerprint density at radius 1 is 1.15 bits per heavy atom. The maximum atomic E-state index is 11.2. The third kappa shape index (κ3) is 2.92. The summed E-state index contributed by atoms with van der Waals surface area (Å²) in [6, 6.07) is 11.8. The maximum Gasteiger partial charge on any atom is 0.337 e. The molecule has 0 aliphatic rings. The number of carbonyl (C=O) groups is 1. The highest BCUT2D eigenvalue weighted by Crippen LogP contribution is 2.32. The maximum absolute atomic E-state index is 11.2. The van der Waals surface area contributed by atoms with E-state index < -0.39 is 12.1 Å². The minimum atomic E-state index is -1.02. The van der Waals surface area contributed by atoms with Crippen molar-refractivity contribution in [2.45, 2.75) is 13.0 Å². The van der Waals surface area contributed by atoms with Crippen molar-refractivity contribution in [1.82, 2.24) is 0 Å². The largest absolute Gasteiger partial charge is 0.478 e. The monoisotopic (exact) mass is 291 g/mol. The Balaban J connectivity index is 2.41. The van der Waals surface area contributed by atoms with Crippen molar-refractivity contribution in [1.29, 1.82) is 0 Å². The van der Waals surface area contributed by atoms with E-state index in [1.165, 1.54) is 6.07 Å². The molecule has 0 aliphatic carbocycles. The van der Waals surface area contributed by atoms with Gasteiger partial charge in [0.15, 0.2) is 0 Å². The third-order valence-electron chi connectivity index (χ3n) is 2.91. The number of para-hydroxylation sites is 1. The molecule has 104 valence electrons. The van der Waals surface area contributed by atoms with Gasteiger partial charge in [-0.15, -0.1) is 0 Å². The van der Waals surface area contributed by atoms with Gasteiger partial charge in [0.1, 0.15) is 0 Å². The van der Waals surface area contributed by atoms with E-state index in [0.29, 0.717) is 22.0 Å². The zero-order chi connectivity index (χ0) is 14.7. The predicted molar refractivity (Wildman–Crippen MR) is 78.8 cm³/mol. The van der Waals surface area contributed by atoms with Gasteiger partial charge in [0.25, 0.3) is 0 Å². The summed E-state index contributed by atoms with van der Waals surface area (Å²) in [7, 11) is 0. The number of hydrogen-bond acceptors (Lipinski definition) is 3. The second-order valence-corrected chi connectivity index (χ2v) is 4.74. The molecular formula is C15H14ClNO3. The topological polar surface area (TPSA) is 69.6 Å². The molecule has 0 aliphatic heterocycles. The molecule has 0 fully saturated rings. The van der Waals surface area contributed by atoms with E-state index in [9.17, 15) is 9.90 Å². The second kappa shape index (κ2) is 5.94. The van der Waals surface area contributed by atoms with E-state index in [1.807, 2.05) is 0 Å². The molecule has 1 unspecified atom stereocenters. The van der Waals surface area contributed by atoms with Crippen LogP contribution in [0.4, 0.5) is 11.4 Å². The van der Waals surface area contributed by atoms with Gasteiger partial charge in [0.05, 0.1) is 28.1 Å². The molecule has 0 heterocycles. The molecule has 0 aromatic heterocycles. The van der Waals surface area contributed by atoms with Crippen LogP contribution in [0.25, 0.3) is 0 Å². The van der Waals surface area contributed by atoms with Crippen LogP contribution in [-0.4, -0.2) is 16.2 Å². The third-order valence-corrected chi connectivity index (χ3v) is 3.33. The van der Waals surface area contributed by atoms with Crippen molar-refractivity contribution < 1.29 is 15.0 Å². The Morgan fingerprint density at radius 3 is 2.45 bits per heavy atom. The first-order chi connectivity index (χ1) is 9.50. The lowest BCUT2D eigenvalue weighted by Gasteiger charge is -2.14. The normalized spacial score (nSPS) is 11.9. The SMILES string of the molecule is CC(O)c1cccc(Nc2ccccc2C(=O)O)c1Cl. The fourth-order valence-corrected chi connectivity index (χ4v) is 2.22. The Bertz CT molecular complexity index is 641. The molecule has 2 rings (SSSR count). The van der Waals surface area contributed by atoms with Gasteiger partial charge < -0.3 is 15.5 Å². The second-order valence-electron chi connectivity index (χ2n) is 4.36. The van der Waals surface area contributed by atoms with Crippen LogP contribution in [0.3, 0.4) is 0 Å². The van der Waals surface area contributed by atoms with Gasteiger partial charge in [-0.05, 0) is 25.1 Å². The zero-order valence-electron chi connectivity index (χ0n) is 10.8. The number of carboxylic acid groups (broad SMARTS) is 1. The molecule has 3 N–H and O–H groups in total. The van der Waals surface area contributed by atoms with Gasteiger partial charge in [-0.1, -0.05) is 35.9 Å². The number of halogens is 1. The van der Waals surface area contributed by atoms with Crippen LogP contribution in [0.15, 0.2) is 42.5 Å². The van der Waals surface area contributed by atoms with Gasteiger partial charge >= 0.3 is 5.97 Å². The number of carboxylic acids is 1. The minimum Gasteiger partial charge on any atom is -0.478 e. The van der Waals surface area contributed by atoms with E-state index in [0.717, 1.165) is 0 Å². The molecule has 0 spiro atoms. The molecule has 2 aromatic rings. The van der Waals surface area contributed by atoms with Crippen molar-refractivity contribution in [2.75, 3.05) is 5.32 Å². The lowest BCUT2D eigenvalue weighted by Crippen LogP contribution is -2.03. The van der Waals surface area contributed by atoms with Gasteiger partial charge in [-0.3, -0.25) is 0 Å². The van der Waals surface area contributed by atoms with Crippen molar-refractivity contribution in [3.8, 4) is 0 Å². The van der Waals surface area contributed by atoms with E-state index in [2.05, 4.69) is 5.32 Å². The number of anilines is 2. The first-order valence-corrected chi connectivity index (χ1v) is 6.44. The average molecular weight is 292 g/mol. The summed E-state index contributed by atoms with van der Waals surface area (Å²) in [5, 5.41) is 22.1. The van der Waals surface area contributed by atoms with E-state index in [4.69, 9.17) is 16.7 Å². The van der Waals surface area contributed by atoms with Crippen LogP contribution >= 0.6 is 11.6 Å². The summed E-state index contributed by atoms with van der Waals surface area (Å²) in [4.78, 5) is 11.2. The van der Waals surface area contributed by atoms with Crippen LogP contribution in [0.5, 0.6) is 0 Å². The van der Waals surface area contributed by atoms with Gasteiger partial charge in [0, 0.05) is 5.56 Å². The van der Waals surface area contributed by atoms with E-state index >= 15 is 0 Å². The van der Waals surface area contributed by atoms with Crippen LogP contribution in [0.2, 0.25) is 5.02 Å². The molecule has 2 aromatic carbocycles. The Labute approximate surface area is 121 Å². The van der Waals surface area contributed by atoms with Crippen molar-refractivity contribution in [3.05, 3.63) is 58.6 Å². The van der Waals surface area contributed by atoms with Crippen LogP contribution in [0.1, 0.15) is 28.9 Å². The Morgan fingerprint density at radius 2 is 1.80 bits per heavy atom. The van der Waals surface area contributed by atoms with E-state index in [1.54, 1.807) is 43.3 Å². The summed E-state index contributed by atoms with van der Waals surface area (Å²) in [6.45, 7) is 1.62. The van der Waals surface area contributed by atoms with Crippen LogP contribution in [0, 0.1) is 0 Å². The predicted octanol–water partition coefficient (Wildman–Crippen LogP) is 3.84. The van der Waals surface area contributed by atoms with Gasteiger partial charge in [0.2, 0.25) is 0 Å². The molecular weight excluding hydrogens is 278 g/mol. The molecule has 0 saturated carbocycles. The molecule has 1 atom stereocenters. The molecule has 0 radical (unpaired) electrons. The first kappa shape index (κ1) is 14.4. The summed E-state index contributed by atoms with van der Waals surface area (Å²) in [6.07, 6.45) is -0.695. The molecule has 0 bridgehead atoms. The van der Waals surface area contributed by atoms with Crippen molar-refractivity contribution in [2.24, 2.45) is 0 Å².